The molecule has 726 valence electrons. The summed E-state index contributed by atoms with van der Waals surface area (Å²) in [6, 6.07) is 13.9. The lowest BCUT2D eigenvalue weighted by atomic mass is 9.91. The van der Waals surface area contributed by atoms with Gasteiger partial charge < -0.3 is 103 Å². The second-order valence-corrected chi connectivity index (χ2v) is 42.1. The number of aliphatic hydroxyl groups excluding tert-OH is 12. The van der Waals surface area contributed by atoms with E-state index in [4.69, 9.17) is 28.4 Å². The molecule has 12 N–H and O–H groups in total. The number of aromatic nitrogens is 6. The number of ether oxygens (including phenoxy) is 6. The van der Waals surface area contributed by atoms with Gasteiger partial charge >= 0.3 is 0 Å². The predicted molar refractivity (Wildman–Crippen MR) is 475 cm³/mol. The van der Waals surface area contributed by atoms with Crippen molar-refractivity contribution in [2.45, 2.75) is 87.7 Å². The van der Waals surface area contributed by atoms with E-state index in [1.807, 2.05) is 0 Å². The number of benzene rings is 6. The molecule has 1 aliphatic carbocycles. The Hall–Kier alpha value is -9.27. The van der Waals surface area contributed by atoms with Gasteiger partial charge in [0.2, 0.25) is 60.1 Å². The molecular formula is C84H114N12O30S6. The number of hydrogen-bond donors (Lipinski definition) is 12. The lowest BCUT2D eigenvalue weighted by Gasteiger charge is -2.27. The Bertz CT molecular complexity index is 5430. The van der Waals surface area contributed by atoms with E-state index in [0.717, 1.165) is 98.6 Å². The molecule has 0 radical (unpaired) electrons. The van der Waals surface area contributed by atoms with Crippen molar-refractivity contribution in [1.82, 2.24) is 54.5 Å². The van der Waals surface area contributed by atoms with Gasteiger partial charge in [0.25, 0.3) is 0 Å². The maximum Gasteiger partial charge on any atom is 0.243 e. The first-order valence-corrected chi connectivity index (χ1v) is 50.3. The number of methoxy groups -OCH3 is 3. The average Bonchev–Trinajstić information content (AvgIpc) is 0.906. The summed E-state index contributed by atoms with van der Waals surface area (Å²) >= 11 is 0. The van der Waals surface area contributed by atoms with Gasteiger partial charge in [-0.15, -0.1) is 0 Å². The number of imidazole rings is 3. The number of rotatable bonds is 48. The molecule has 6 aromatic carbocycles. The van der Waals surface area contributed by atoms with Gasteiger partial charge in [0, 0.05) is 242 Å². The number of nitrogens with zero attached hydrogens (tertiary/aromatic N) is 12. The van der Waals surface area contributed by atoms with E-state index < -0.39 is 306 Å². The van der Waals surface area contributed by atoms with E-state index in [1.54, 1.807) is 53.4 Å². The number of sulfonamides is 6. The van der Waals surface area contributed by atoms with Crippen LogP contribution in [0.25, 0.3) is 0 Å². The lowest BCUT2D eigenvalue weighted by Crippen LogP contribution is -2.36. The van der Waals surface area contributed by atoms with Crippen molar-refractivity contribution >= 4 is 60.1 Å². The molecule has 0 unspecified atom stereocenters. The van der Waals surface area contributed by atoms with E-state index in [1.165, 1.54) is 39.9 Å². The van der Waals surface area contributed by atoms with Crippen LogP contribution in [0.4, 0.5) is 0 Å². The first-order chi connectivity index (χ1) is 63.0. The van der Waals surface area contributed by atoms with Crippen molar-refractivity contribution in [3.63, 3.8) is 0 Å². The van der Waals surface area contributed by atoms with Crippen LogP contribution in [-0.2, 0) is 140 Å². The van der Waals surface area contributed by atoms with Crippen LogP contribution in [0.2, 0.25) is 0 Å². The minimum absolute atomic E-state index is 0.148. The first kappa shape index (κ1) is 105. The second kappa shape index (κ2) is 46.8. The highest BCUT2D eigenvalue weighted by Gasteiger charge is 2.38. The first-order valence-electron chi connectivity index (χ1n) is 41.7. The number of aliphatic hydroxyl groups is 12. The van der Waals surface area contributed by atoms with Crippen molar-refractivity contribution in [3.8, 4) is 34.5 Å². The smallest absolute Gasteiger partial charge is 0.243 e. The maximum absolute atomic E-state index is 15.8. The fraction of sp³-hybridized carbons (Fsp3) is 0.464. The van der Waals surface area contributed by atoms with Crippen LogP contribution >= 0.6 is 0 Å². The molecule has 0 aliphatic heterocycles. The minimum Gasteiger partial charge on any atom is -0.496 e. The van der Waals surface area contributed by atoms with Crippen LogP contribution in [0.3, 0.4) is 0 Å². The summed E-state index contributed by atoms with van der Waals surface area (Å²) < 4.78 is 239. The SMILES string of the molecule is COc1c2cc(S(=O)(=O)N(CCO)CCO)cc1Cc1cc(S(=O)(=O)N(CCO)CCO)cc(c1OCc1nccn1C)Cc1cc(S(=O)(=O)N(CCO)CCO)cc(c1OC)Cc1cc(S(=O)(=O)N(CCO)CCO)cc(c1OCc1nccn1C)Cc1cc(S(=O)(=O)N(CCO)CCO)cc(c1OC)Cc1cc(S(=O)(=O)N(CCO)CCO)cc(c1OCc1nccn1C)C2. The van der Waals surface area contributed by atoms with Crippen LogP contribution in [0.15, 0.2) is 139 Å². The van der Waals surface area contributed by atoms with Crippen molar-refractivity contribution in [3.05, 3.63) is 194 Å². The standard InChI is InChI=1S/C84H114N12O30S6/c1-88-10-7-85-76(88)55-124-82-64-37-58-43-70(127(109,110)91(13-25-97)14-26-98)45-60(79(58)121-4)39-66-51-74(131(117,118)95(21-33-105)22-34-106)53-68(83(66)125-56-77-86-8-11-89(77)2)41-62-47-72(129(113,114)93(17-29-101)18-30-102)48-63(81(62)123-6)42-69-54-75(132(119,120)96(23-35-107)24-36-108)52-67(84(69)126-57-78-87-9-12-90(78)3)40-61-46-71(128(111,112)92(15-27-99)16-28-100)44-59(80(61)122-5)38-65(82)50-73(49-64)130(115,116)94(19-31-103)20-32-104/h7-12,43-54,97-108H,13-42,55-57H2,1-6H3. The molecule has 0 atom stereocenters. The number of aryl methyl sites for hydroxylation is 3. The zero-order valence-electron chi connectivity index (χ0n) is 73.8. The average molecular weight is 1960 g/mol. The Morgan fingerprint density at radius 1 is 0.250 bits per heavy atom. The van der Waals surface area contributed by atoms with Gasteiger partial charge in [-0.1, -0.05) is 0 Å². The van der Waals surface area contributed by atoms with Crippen molar-refractivity contribution in [1.29, 1.82) is 0 Å². The third kappa shape index (κ3) is 23.8. The fourth-order valence-corrected chi connectivity index (χ4v) is 24.9. The van der Waals surface area contributed by atoms with E-state index in [2.05, 4.69) is 15.0 Å². The Morgan fingerprint density at radius 3 is 0.500 bits per heavy atom. The highest BCUT2D eigenvalue weighted by molar-refractivity contribution is 7.90. The highest BCUT2D eigenvalue weighted by Crippen LogP contribution is 2.46. The van der Waals surface area contributed by atoms with Gasteiger partial charge in [0.15, 0.2) is 0 Å². The monoisotopic (exact) mass is 1960 g/mol. The lowest BCUT2D eigenvalue weighted by molar-refractivity contribution is 0.217. The molecule has 0 amide bonds. The van der Waals surface area contributed by atoms with Crippen LogP contribution in [0, 0.1) is 0 Å². The highest BCUT2D eigenvalue weighted by atomic mass is 32.2. The van der Waals surface area contributed by atoms with Gasteiger partial charge in [-0.3, -0.25) is 0 Å². The quantitative estimate of drug-likeness (QED) is 0.0203. The maximum atomic E-state index is 15.8. The van der Waals surface area contributed by atoms with Gasteiger partial charge in [-0.2, -0.15) is 25.8 Å². The third-order valence-electron chi connectivity index (χ3n) is 22.0. The van der Waals surface area contributed by atoms with E-state index in [9.17, 15) is 61.3 Å². The van der Waals surface area contributed by atoms with Crippen molar-refractivity contribution < 1.29 is 140 Å². The minimum atomic E-state index is -5.03. The molecule has 3 heterocycles. The Balaban J connectivity index is 1.51. The molecule has 42 nitrogen and oxygen atoms in total. The molecule has 0 saturated heterocycles. The summed E-state index contributed by atoms with van der Waals surface area (Å²) in [5, 5.41) is 127. The van der Waals surface area contributed by atoms with Crippen LogP contribution in [0.1, 0.15) is 84.2 Å². The molecule has 3 aromatic heterocycles. The summed E-state index contributed by atoms with van der Waals surface area (Å²) in [5.74, 6) is -0.608. The summed E-state index contributed by atoms with van der Waals surface area (Å²) in [6.07, 6.45) is 4.97. The van der Waals surface area contributed by atoms with Crippen molar-refractivity contribution in [2.75, 3.05) is 179 Å². The zero-order chi connectivity index (χ0) is 96.2. The van der Waals surface area contributed by atoms with Crippen LogP contribution in [-0.4, -0.2) is 345 Å². The molecule has 10 rings (SSSR count). The molecule has 48 heteroatoms. The fourth-order valence-electron chi connectivity index (χ4n) is 15.7. The van der Waals surface area contributed by atoms with Crippen molar-refractivity contribution in [2.24, 2.45) is 21.1 Å². The Labute approximate surface area is 766 Å². The van der Waals surface area contributed by atoms with Gasteiger partial charge in [-0.25, -0.2) is 65.5 Å². The largest absolute Gasteiger partial charge is 0.496 e. The molecule has 9 aromatic rings. The van der Waals surface area contributed by atoms with Crippen LogP contribution in [0.5, 0.6) is 34.5 Å². The van der Waals surface area contributed by atoms with Gasteiger partial charge in [-0.05, 0) is 72.8 Å². The Morgan fingerprint density at radius 2 is 0.386 bits per heavy atom. The second-order valence-electron chi connectivity index (χ2n) is 30.4. The van der Waals surface area contributed by atoms with E-state index >= 15 is 50.5 Å². The third-order valence-corrected chi connectivity index (χ3v) is 33.3. The molecular weight excluding hydrogens is 1850 g/mol. The van der Waals surface area contributed by atoms with Crippen LogP contribution < -0.4 is 28.4 Å². The topological polar surface area (TPSA) is 576 Å². The van der Waals surface area contributed by atoms with E-state index in [0.29, 0.717) is 0 Å². The normalized spacial score (nSPS) is 13.3. The molecule has 0 fully saturated rings. The molecule has 0 spiro atoms. The number of hydrogen-bond acceptors (Lipinski definition) is 33. The Kier molecular flexibility index (Phi) is 37.2. The van der Waals surface area contributed by atoms with E-state index in [-0.39, 0.29) is 119 Å². The summed E-state index contributed by atoms with van der Waals surface area (Å²) in [5.41, 5.74) is -1.82. The molecule has 1 aliphatic rings. The summed E-state index contributed by atoms with van der Waals surface area (Å²) in [6.45, 7) is -18.4. The molecule has 0 saturated carbocycles. The predicted octanol–water partition coefficient (Wildman–Crippen LogP) is -1.64. The zero-order valence-corrected chi connectivity index (χ0v) is 78.7. The summed E-state index contributed by atoms with van der Waals surface area (Å²) in [4.78, 5) is 9.87. The molecule has 132 heavy (non-hydrogen) atoms. The van der Waals surface area contributed by atoms with Gasteiger partial charge in [0.05, 0.1) is 130 Å². The van der Waals surface area contributed by atoms with Gasteiger partial charge in [0.1, 0.15) is 71.8 Å². The molecule has 12 bridgehead atoms. The number of fused-ring (bicyclic) bond motifs is 12. The summed E-state index contributed by atoms with van der Waals surface area (Å²) in [7, 11) is -21.6.